The largest absolute Gasteiger partial charge is 0.481 e. The van der Waals surface area contributed by atoms with E-state index in [-0.39, 0.29) is 29.1 Å². The summed E-state index contributed by atoms with van der Waals surface area (Å²) in [5.74, 6) is -1.50. The molecule has 200 valence electrons. The number of carbonyl (C=O) groups excluding carboxylic acids is 1. The molecule has 2 unspecified atom stereocenters. The third-order valence-corrected chi connectivity index (χ3v) is 8.12. The first-order chi connectivity index (χ1) is 18.2. The molecule has 3 aromatic rings. The number of hydrogen-bond acceptors (Lipinski definition) is 5. The molecule has 0 radical (unpaired) electrons. The van der Waals surface area contributed by atoms with Crippen LogP contribution in [0.4, 0.5) is 4.39 Å². The van der Waals surface area contributed by atoms with Crippen LogP contribution in [-0.4, -0.2) is 40.6 Å². The second-order valence-electron chi connectivity index (χ2n) is 10.2. The van der Waals surface area contributed by atoms with Crippen molar-refractivity contribution in [2.45, 2.75) is 57.6 Å². The highest BCUT2D eigenvalue weighted by atomic mass is 35.5. The lowest BCUT2D eigenvalue weighted by Gasteiger charge is -2.42. The number of nitrogens with zero attached hydrogens (tertiary/aromatic N) is 1. The highest BCUT2D eigenvalue weighted by Crippen LogP contribution is 2.37. The Morgan fingerprint density at radius 1 is 1.08 bits per heavy atom. The number of fused-ring (bicyclic) bond motifs is 1. The van der Waals surface area contributed by atoms with Gasteiger partial charge in [0.2, 0.25) is 0 Å². The number of piperidine rings is 1. The third-order valence-electron chi connectivity index (χ3n) is 7.80. The second-order valence-corrected chi connectivity index (χ2v) is 10.6. The molecular formula is C29H29ClFNO6. The van der Waals surface area contributed by atoms with Crippen molar-refractivity contribution in [1.82, 2.24) is 4.90 Å². The summed E-state index contributed by atoms with van der Waals surface area (Å²) < 4.78 is 25.0. The molecule has 0 bridgehead atoms. The molecule has 2 aromatic carbocycles. The molecule has 1 amide bonds. The Balaban J connectivity index is 1.40. The van der Waals surface area contributed by atoms with Gasteiger partial charge in [0.1, 0.15) is 17.1 Å². The average molecular weight is 542 g/mol. The molecule has 5 rings (SSSR count). The van der Waals surface area contributed by atoms with Gasteiger partial charge >= 0.3 is 11.6 Å². The van der Waals surface area contributed by atoms with Crippen LogP contribution in [0.2, 0.25) is 5.02 Å². The Morgan fingerprint density at radius 2 is 1.84 bits per heavy atom. The van der Waals surface area contributed by atoms with Crippen molar-refractivity contribution in [2.24, 2.45) is 11.8 Å². The van der Waals surface area contributed by atoms with E-state index in [0.29, 0.717) is 41.0 Å². The number of halogens is 2. The van der Waals surface area contributed by atoms with Crippen LogP contribution in [0.3, 0.4) is 0 Å². The predicted molar refractivity (Wildman–Crippen MR) is 141 cm³/mol. The number of carboxylic acids is 1. The summed E-state index contributed by atoms with van der Waals surface area (Å²) in [4.78, 5) is 39.3. The fourth-order valence-electron chi connectivity index (χ4n) is 5.91. The third kappa shape index (κ3) is 5.27. The van der Waals surface area contributed by atoms with Crippen LogP contribution in [0.25, 0.3) is 22.1 Å². The van der Waals surface area contributed by atoms with Crippen molar-refractivity contribution in [2.75, 3.05) is 6.54 Å². The number of aliphatic carboxylic acids is 1. The van der Waals surface area contributed by atoms with Gasteiger partial charge in [-0.1, -0.05) is 24.4 Å². The first kappa shape index (κ1) is 26.2. The van der Waals surface area contributed by atoms with Crippen LogP contribution >= 0.6 is 11.6 Å². The molecule has 1 aliphatic carbocycles. The van der Waals surface area contributed by atoms with Crippen molar-refractivity contribution < 1.29 is 28.2 Å². The molecular weight excluding hydrogens is 513 g/mol. The van der Waals surface area contributed by atoms with E-state index in [2.05, 4.69) is 0 Å². The quantitative estimate of drug-likeness (QED) is 0.390. The zero-order valence-electron chi connectivity index (χ0n) is 21.0. The van der Waals surface area contributed by atoms with Gasteiger partial charge in [0, 0.05) is 41.2 Å². The number of carboxylic acid groups (broad SMARTS) is 1. The molecule has 1 aromatic heterocycles. The minimum absolute atomic E-state index is 0.0179. The van der Waals surface area contributed by atoms with Gasteiger partial charge in [0.25, 0.3) is 5.91 Å². The van der Waals surface area contributed by atoms with Gasteiger partial charge in [-0.15, -0.1) is 0 Å². The van der Waals surface area contributed by atoms with Crippen LogP contribution in [0, 0.1) is 17.7 Å². The van der Waals surface area contributed by atoms with Crippen molar-refractivity contribution >= 4 is 34.4 Å². The highest BCUT2D eigenvalue weighted by molar-refractivity contribution is 6.33. The Kier molecular flexibility index (Phi) is 7.43. The molecule has 9 heteroatoms. The lowest BCUT2D eigenvalue weighted by Crippen LogP contribution is -2.54. The van der Waals surface area contributed by atoms with E-state index < -0.39 is 29.4 Å². The minimum atomic E-state index is -0.886. The smallest absolute Gasteiger partial charge is 0.336 e. The molecule has 2 aliphatic rings. The Bertz CT molecular complexity index is 1430. The van der Waals surface area contributed by atoms with Crippen molar-refractivity contribution in [3.63, 3.8) is 0 Å². The maximum atomic E-state index is 13.6. The van der Waals surface area contributed by atoms with Gasteiger partial charge in [0.05, 0.1) is 10.9 Å². The van der Waals surface area contributed by atoms with E-state index in [0.717, 1.165) is 25.7 Å². The maximum Gasteiger partial charge on any atom is 0.336 e. The van der Waals surface area contributed by atoms with Crippen LogP contribution in [0.5, 0.6) is 5.75 Å². The van der Waals surface area contributed by atoms with Crippen LogP contribution < -0.4 is 10.4 Å². The van der Waals surface area contributed by atoms with Crippen LogP contribution in [0.15, 0.2) is 51.7 Å². The topological polar surface area (TPSA) is 97.0 Å². The van der Waals surface area contributed by atoms with E-state index in [1.807, 2.05) is 0 Å². The number of carbonyl (C=O) groups is 2. The summed E-state index contributed by atoms with van der Waals surface area (Å²) >= 11 is 6.24. The minimum Gasteiger partial charge on any atom is -0.481 e. The fourth-order valence-corrected chi connectivity index (χ4v) is 6.18. The molecule has 1 saturated carbocycles. The first-order valence-corrected chi connectivity index (χ1v) is 13.3. The van der Waals surface area contributed by atoms with E-state index in [1.54, 1.807) is 24.0 Å². The molecule has 1 N–H and O–H groups in total. The van der Waals surface area contributed by atoms with Gasteiger partial charge in [0.15, 0.2) is 6.10 Å². The van der Waals surface area contributed by atoms with Crippen molar-refractivity contribution in [3.05, 3.63) is 63.7 Å². The summed E-state index contributed by atoms with van der Waals surface area (Å²) in [6.07, 6.45) is 4.73. The van der Waals surface area contributed by atoms with Gasteiger partial charge < -0.3 is 19.2 Å². The van der Waals surface area contributed by atoms with Crippen molar-refractivity contribution in [1.29, 1.82) is 0 Å². The molecule has 0 spiro atoms. The van der Waals surface area contributed by atoms with Gasteiger partial charge in [-0.05, 0) is 68.9 Å². The normalized spacial score (nSPS) is 21.0. The number of likely N-dealkylation sites (tertiary alicyclic amines) is 1. The standard InChI is InChI=1S/C29H29ClFNO6/c1-16(28(34)32-15-18(29(35)36)6-11-25(32)17-4-2-3-5-17)37-20-8-10-22-23(14-27(33)38-26(22)13-20)21-9-7-19(31)12-24(21)30/h7-10,12-14,16-18,25H,2-6,11,15H2,1H3,(H,35,36)/t16?,18-,25?/m0/s1. The SMILES string of the molecule is CC(Oc1ccc2c(-c3ccc(F)cc3Cl)cc(=O)oc2c1)C(=O)N1C[C@@H](C(=O)O)CCC1C1CCCC1. The molecule has 1 aliphatic heterocycles. The zero-order valence-corrected chi connectivity index (χ0v) is 21.7. The van der Waals surface area contributed by atoms with Crippen LogP contribution in [0.1, 0.15) is 45.4 Å². The Hall–Kier alpha value is -3.39. The summed E-state index contributed by atoms with van der Waals surface area (Å²) in [7, 11) is 0. The fraction of sp³-hybridized carbons (Fsp3) is 0.414. The Labute approximate surface area is 224 Å². The highest BCUT2D eigenvalue weighted by Gasteiger charge is 2.41. The number of ether oxygens (including phenoxy) is 1. The Morgan fingerprint density at radius 3 is 2.55 bits per heavy atom. The molecule has 1 saturated heterocycles. The molecule has 2 fully saturated rings. The molecule has 2 heterocycles. The maximum absolute atomic E-state index is 13.6. The number of hydrogen-bond donors (Lipinski definition) is 1. The van der Waals surface area contributed by atoms with Gasteiger partial charge in [-0.3, -0.25) is 9.59 Å². The molecule has 7 nitrogen and oxygen atoms in total. The summed E-state index contributed by atoms with van der Waals surface area (Å²) in [5, 5.41) is 10.3. The summed E-state index contributed by atoms with van der Waals surface area (Å²) in [6.45, 7) is 1.82. The van der Waals surface area contributed by atoms with E-state index >= 15 is 0 Å². The lowest BCUT2D eigenvalue weighted by molar-refractivity contribution is -0.151. The van der Waals surface area contributed by atoms with E-state index in [4.69, 9.17) is 20.8 Å². The van der Waals surface area contributed by atoms with E-state index in [9.17, 15) is 23.9 Å². The van der Waals surface area contributed by atoms with Gasteiger partial charge in [-0.2, -0.15) is 0 Å². The number of amides is 1. The first-order valence-electron chi connectivity index (χ1n) is 12.9. The van der Waals surface area contributed by atoms with Crippen molar-refractivity contribution in [3.8, 4) is 16.9 Å². The average Bonchev–Trinajstić information content (AvgIpc) is 3.42. The summed E-state index contributed by atoms with van der Waals surface area (Å²) in [5.41, 5.74) is 0.600. The predicted octanol–water partition coefficient (Wildman–Crippen LogP) is 5.90. The van der Waals surface area contributed by atoms with Gasteiger partial charge in [-0.25, -0.2) is 9.18 Å². The number of benzene rings is 2. The zero-order chi connectivity index (χ0) is 27.0. The molecule has 3 atom stereocenters. The second kappa shape index (κ2) is 10.8. The summed E-state index contributed by atoms with van der Waals surface area (Å²) in [6, 6.07) is 10.2. The van der Waals surface area contributed by atoms with E-state index in [1.165, 1.54) is 30.3 Å². The van der Waals surface area contributed by atoms with Crippen LogP contribution in [-0.2, 0) is 9.59 Å². The monoisotopic (exact) mass is 541 g/mol. The number of rotatable bonds is 6. The molecule has 38 heavy (non-hydrogen) atoms. The lowest BCUT2D eigenvalue weighted by atomic mass is 9.84.